The summed E-state index contributed by atoms with van der Waals surface area (Å²) in [7, 11) is 0. The summed E-state index contributed by atoms with van der Waals surface area (Å²) in [6.45, 7) is 6.05. The number of hydrogen-bond acceptors (Lipinski definition) is 4. The number of carbonyl (C=O) groups excluding carboxylic acids is 1. The molecule has 0 aliphatic rings. The van der Waals surface area contributed by atoms with Crippen molar-refractivity contribution in [2.24, 2.45) is 0 Å². The van der Waals surface area contributed by atoms with Crippen molar-refractivity contribution in [3.05, 3.63) is 12.8 Å². The number of hydrogen-bond donors (Lipinski definition) is 2. The molecule has 0 saturated carbocycles. The van der Waals surface area contributed by atoms with Crippen molar-refractivity contribution in [3.8, 4) is 0 Å². The molecule has 0 radical (unpaired) electrons. The summed E-state index contributed by atoms with van der Waals surface area (Å²) >= 11 is 0. The van der Waals surface area contributed by atoms with Gasteiger partial charge in [0.15, 0.2) is 0 Å². The summed E-state index contributed by atoms with van der Waals surface area (Å²) in [6.07, 6.45) is 1.00. The van der Waals surface area contributed by atoms with Crippen LogP contribution in [0.4, 0.5) is 0 Å². The zero-order valence-corrected chi connectivity index (χ0v) is 8.40. The van der Waals surface area contributed by atoms with Crippen molar-refractivity contribution in [2.75, 3.05) is 0 Å². The molecule has 0 aromatic heterocycles. The van der Waals surface area contributed by atoms with Crippen molar-refractivity contribution < 1.29 is 24.5 Å². The number of carboxylic acids is 1. The van der Waals surface area contributed by atoms with Gasteiger partial charge in [0, 0.05) is 13.3 Å². The Morgan fingerprint density at radius 1 is 1.57 bits per heavy atom. The van der Waals surface area contributed by atoms with Gasteiger partial charge in [-0.2, -0.15) is 0 Å². The predicted octanol–water partition coefficient (Wildman–Crippen LogP) is 0.925. The first-order valence-electron chi connectivity index (χ1n) is 4.08. The molecule has 5 nitrogen and oxygen atoms in total. The molecule has 82 valence electrons. The monoisotopic (exact) mass is 204 g/mol. The summed E-state index contributed by atoms with van der Waals surface area (Å²) in [5.41, 5.74) is 0. The van der Waals surface area contributed by atoms with Crippen LogP contribution >= 0.6 is 0 Å². The van der Waals surface area contributed by atoms with Crippen molar-refractivity contribution in [3.63, 3.8) is 0 Å². The lowest BCUT2D eigenvalue weighted by Crippen LogP contribution is -2.03. The Morgan fingerprint density at radius 3 is 2.14 bits per heavy atom. The molecule has 0 aliphatic heterocycles. The highest BCUT2D eigenvalue weighted by Crippen LogP contribution is 1.93. The van der Waals surface area contributed by atoms with E-state index in [-0.39, 0.29) is 12.4 Å². The molecule has 0 spiro atoms. The van der Waals surface area contributed by atoms with Crippen LogP contribution in [-0.4, -0.2) is 28.3 Å². The molecule has 0 heterocycles. The molecule has 0 bridgehead atoms. The van der Waals surface area contributed by atoms with Gasteiger partial charge in [-0.1, -0.05) is 6.58 Å². The maximum absolute atomic E-state index is 9.79. The van der Waals surface area contributed by atoms with Gasteiger partial charge < -0.3 is 14.9 Å². The standard InChI is InChI=1S/C5H10O3.C4H6O2/c1-4(6)2-3-5(7)8;1-3-6-4(2)5/h4,6H,2-3H2,1H3,(H,7,8);3H,1H2,2H3. The van der Waals surface area contributed by atoms with Gasteiger partial charge in [0.2, 0.25) is 0 Å². The molecule has 0 fully saturated rings. The molecule has 14 heavy (non-hydrogen) atoms. The van der Waals surface area contributed by atoms with E-state index >= 15 is 0 Å². The second-order valence-corrected chi connectivity index (χ2v) is 2.56. The van der Waals surface area contributed by atoms with Crippen molar-refractivity contribution in [2.45, 2.75) is 32.8 Å². The van der Waals surface area contributed by atoms with Crippen molar-refractivity contribution in [1.29, 1.82) is 0 Å². The average molecular weight is 204 g/mol. The van der Waals surface area contributed by atoms with Crippen molar-refractivity contribution in [1.82, 2.24) is 0 Å². The van der Waals surface area contributed by atoms with Crippen LogP contribution in [0.5, 0.6) is 0 Å². The third kappa shape index (κ3) is 22.4. The third-order valence-electron chi connectivity index (χ3n) is 1.03. The molecule has 0 aliphatic carbocycles. The Morgan fingerprint density at radius 2 is 2.07 bits per heavy atom. The lowest BCUT2D eigenvalue weighted by Gasteiger charge is -1.97. The van der Waals surface area contributed by atoms with Crippen LogP contribution in [0.15, 0.2) is 12.8 Å². The molecule has 2 N–H and O–H groups in total. The quantitative estimate of drug-likeness (QED) is 0.525. The van der Waals surface area contributed by atoms with E-state index < -0.39 is 12.1 Å². The minimum Gasteiger partial charge on any atom is -0.481 e. The highest BCUT2D eigenvalue weighted by Gasteiger charge is 1.99. The van der Waals surface area contributed by atoms with E-state index in [1.54, 1.807) is 6.92 Å². The van der Waals surface area contributed by atoms with E-state index in [0.29, 0.717) is 6.42 Å². The normalized spacial score (nSPS) is 10.5. The molecule has 0 aromatic rings. The fourth-order valence-electron chi connectivity index (χ4n) is 0.450. The molecular weight excluding hydrogens is 188 g/mol. The minimum absolute atomic E-state index is 0.0532. The summed E-state index contributed by atoms with van der Waals surface area (Å²) in [4.78, 5) is 19.5. The Kier molecular flexibility index (Phi) is 10.5. The van der Waals surface area contributed by atoms with Crippen LogP contribution < -0.4 is 0 Å². The van der Waals surface area contributed by atoms with E-state index in [1.165, 1.54) is 6.92 Å². The molecule has 0 saturated heterocycles. The summed E-state index contributed by atoms with van der Waals surface area (Å²) in [5.74, 6) is -1.18. The van der Waals surface area contributed by atoms with Gasteiger partial charge in [-0.05, 0) is 13.3 Å². The number of esters is 1. The van der Waals surface area contributed by atoms with Gasteiger partial charge in [-0.15, -0.1) is 0 Å². The Bertz CT molecular complexity index is 186. The van der Waals surface area contributed by atoms with Crippen LogP contribution in [0.1, 0.15) is 26.7 Å². The SMILES string of the molecule is C=COC(C)=O.CC(O)CCC(=O)O. The maximum atomic E-state index is 9.79. The molecule has 5 heteroatoms. The highest BCUT2D eigenvalue weighted by molar-refractivity contribution is 5.66. The number of aliphatic carboxylic acids is 1. The Labute approximate surface area is 83.0 Å². The van der Waals surface area contributed by atoms with Gasteiger partial charge >= 0.3 is 11.9 Å². The van der Waals surface area contributed by atoms with E-state index in [9.17, 15) is 9.59 Å². The maximum Gasteiger partial charge on any atom is 0.307 e. The van der Waals surface area contributed by atoms with Crippen LogP contribution in [0.3, 0.4) is 0 Å². The van der Waals surface area contributed by atoms with E-state index in [0.717, 1.165) is 6.26 Å². The molecule has 1 unspecified atom stereocenters. The lowest BCUT2D eigenvalue weighted by molar-refractivity contribution is -0.137. The number of ether oxygens (including phenoxy) is 1. The number of rotatable bonds is 4. The first-order valence-corrected chi connectivity index (χ1v) is 4.08. The largest absolute Gasteiger partial charge is 0.481 e. The van der Waals surface area contributed by atoms with Gasteiger partial charge in [0.25, 0.3) is 0 Å². The van der Waals surface area contributed by atoms with Crippen LogP contribution in [-0.2, 0) is 14.3 Å². The Balaban J connectivity index is 0. The number of aliphatic hydroxyl groups is 1. The average Bonchev–Trinajstić information content (AvgIpc) is 2.01. The van der Waals surface area contributed by atoms with E-state index in [1.807, 2.05) is 0 Å². The minimum atomic E-state index is -0.856. The topological polar surface area (TPSA) is 83.8 Å². The number of carboxylic acid groups (broad SMARTS) is 1. The number of aliphatic hydroxyl groups excluding tert-OH is 1. The van der Waals surface area contributed by atoms with Crippen LogP contribution in [0.25, 0.3) is 0 Å². The highest BCUT2D eigenvalue weighted by atomic mass is 16.5. The van der Waals surface area contributed by atoms with Crippen LogP contribution in [0.2, 0.25) is 0 Å². The molecule has 0 amide bonds. The zero-order valence-electron chi connectivity index (χ0n) is 8.40. The van der Waals surface area contributed by atoms with E-state index in [2.05, 4.69) is 11.3 Å². The third-order valence-corrected chi connectivity index (χ3v) is 1.03. The lowest BCUT2D eigenvalue weighted by atomic mass is 10.2. The van der Waals surface area contributed by atoms with Gasteiger partial charge in [-0.25, -0.2) is 0 Å². The second-order valence-electron chi connectivity index (χ2n) is 2.56. The van der Waals surface area contributed by atoms with Gasteiger partial charge in [-0.3, -0.25) is 9.59 Å². The molecular formula is C9H16O5. The first kappa shape index (κ1) is 15.1. The first-order chi connectivity index (χ1) is 6.40. The fourth-order valence-corrected chi connectivity index (χ4v) is 0.450. The smallest absolute Gasteiger partial charge is 0.307 e. The molecule has 0 rings (SSSR count). The van der Waals surface area contributed by atoms with Gasteiger partial charge in [0.05, 0.1) is 12.4 Å². The molecule has 0 aromatic carbocycles. The summed E-state index contributed by atoms with van der Waals surface area (Å²) in [5, 5.41) is 16.6. The Hall–Kier alpha value is -1.36. The predicted molar refractivity (Wildman–Crippen MR) is 50.5 cm³/mol. The van der Waals surface area contributed by atoms with Crippen molar-refractivity contribution >= 4 is 11.9 Å². The number of carbonyl (C=O) groups is 2. The summed E-state index contributed by atoms with van der Waals surface area (Å²) in [6, 6.07) is 0. The fraction of sp³-hybridized carbons (Fsp3) is 0.556. The summed E-state index contributed by atoms with van der Waals surface area (Å²) < 4.78 is 4.17. The molecule has 1 atom stereocenters. The van der Waals surface area contributed by atoms with Gasteiger partial charge in [0.1, 0.15) is 0 Å². The zero-order chi connectivity index (χ0) is 11.6. The van der Waals surface area contributed by atoms with E-state index in [4.69, 9.17) is 10.2 Å². The van der Waals surface area contributed by atoms with Crippen LogP contribution in [0, 0.1) is 0 Å². The second kappa shape index (κ2) is 9.73.